The van der Waals surface area contributed by atoms with Gasteiger partial charge in [0.05, 0.1) is 18.0 Å². The molecule has 6 nitrogen and oxygen atoms in total. The average Bonchev–Trinajstić information content (AvgIpc) is 2.99. The number of rotatable bonds is 5. The fraction of sp³-hybridized carbons (Fsp3) is 0.375. The van der Waals surface area contributed by atoms with Gasteiger partial charge in [0.2, 0.25) is 5.91 Å². The molecule has 1 aliphatic rings. The number of ether oxygens (including phenoxy) is 1. The number of nitrogens with zero attached hydrogens (tertiary/aromatic N) is 2. The smallest absolute Gasteiger partial charge is 0.240 e. The van der Waals surface area contributed by atoms with Crippen LogP contribution in [0.3, 0.4) is 0 Å². The molecule has 1 heterocycles. The highest BCUT2D eigenvalue weighted by Gasteiger charge is 2.47. The van der Waals surface area contributed by atoms with Gasteiger partial charge in [-0.15, -0.1) is 0 Å². The van der Waals surface area contributed by atoms with Crippen LogP contribution in [-0.4, -0.2) is 34.4 Å². The second-order valence-electron chi connectivity index (χ2n) is 5.87. The predicted octanol–water partition coefficient (Wildman–Crippen LogP) is 1.65. The number of hydrogen-bond donors (Lipinski definition) is 2. The van der Waals surface area contributed by atoms with Crippen molar-refractivity contribution in [1.29, 1.82) is 0 Å². The maximum atomic E-state index is 12.2. The lowest BCUT2D eigenvalue weighted by atomic mass is 9.74. The van der Waals surface area contributed by atoms with Crippen LogP contribution >= 0.6 is 11.6 Å². The number of benzene rings is 1. The van der Waals surface area contributed by atoms with Gasteiger partial charge in [-0.1, -0.05) is 11.6 Å². The molecule has 2 aromatic rings. The average molecular weight is 335 g/mol. The number of carbonyl (C=O) groups excluding carboxylic acids is 1. The number of carbonyl (C=O) groups is 1. The van der Waals surface area contributed by atoms with Crippen molar-refractivity contribution in [2.24, 2.45) is 5.73 Å². The number of nitrogens with two attached hydrogens (primary N) is 1. The summed E-state index contributed by atoms with van der Waals surface area (Å²) in [5.74, 6) is -0.148. The maximum absolute atomic E-state index is 12.2. The Balaban J connectivity index is 1.57. The van der Waals surface area contributed by atoms with E-state index in [9.17, 15) is 4.79 Å². The van der Waals surface area contributed by atoms with Gasteiger partial charge in [-0.2, -0.15) is 5.10 Å². The van der Waals surface area contributed by atoms with Gasteiger partial charge < -0.3 is 15.8 Å². The van der Waals surface area contributed by atoms with Gasteiger partial charge in [-0.25, -0.2) is 4.68 Å². The van der Waals surface area contributed by atoms with Crippen LogP contribution in [0.2, 0.25) is 5.02 Å². The first-order valence-electron chi connectivity index (χ1n) is 7.40. The Morgan fingerprint density at radius 2 is 2.17 bits per heavy atom. The van der Waals surface area contributed by atoms with Crippen molar-refractivity contribution in [3.63, 3.8) is 0 Å². The number of aromatic nitrogens is 2. The zero-order valence-electron chi connectivity index (χ0n) is 12.8. The van der Waals surface area contributed by atoms with Crippen LogP contribution in [0.1, 0.15) is 18.4 Å². The fourth-order valence-corrected chi connectivity index (χ4v) is 2.78. The quantitative estimate of drug-likeness (QED) is 0.871. The number of nitrogens with one attached hydrogen (secondary N) is 1. The molecule has 3 rings (SSSR count). The van der Waals surface area contributed by atoms with E-state index in [-0.39, 0.29) is 12.0 Å². The van der Waals surface area contributed by atoms with Crippen molar-refractivity contribution in [3.8, 4) is 5.69 Å². The molecule has 0 radical (unpaired) electrons. The predicted molar refractivity (Wildman–Crippen MR) is 87.4 cm³/mol. The van der Waals surface area contributed by atoms with E-state index in [0.29, 0.717) is 24.4 Å². The van der Waals surface area contributed by atoms with E-state index in [4.69, 9.17) is 22.1 Å². The summed E-state index contributed by atoms with van der Waals surface area (Å²) in [6, 6.07) is 7.37. The Bertz CT molecular complexity index is 692. The van der Waals surface area contributed by atoms with E-state index in [1.807, 2.05) is 18.3 Å². The van der Waals surface area contributed by atoms with Crippen LogP contribution in [0.4, 0.5) is 0 Å². The molecule has 1 aliphatic carbocycles. The summed E-state index contributed by atoms with van der Waals surface area (Å²) in [5, 5.41) is 7.83. The van der Waals surface area contributed by atoms with Crippen LogP contribution in [0, 0.1) is 0 Å². The zero-order valence-corrected chi connectivity index (χ0v) is 13.6. The van der Waals surface area contributed by atoms with E-state index in [0.717, 1.165) is 11.3 Å². The second-order valence-corrected chi connectivity index (χ2v) is 6.31. The molecular weight excluding hydrogens is 316 g/mol. The topological polar surface area (TPSA) is 82.2 Å². The number of halogens is 1. The van der Waals surface area contributed by atoms with Gasteiger partial charge in [-0.05, 0) is 24.3 Å². The Kier molecular flexibility index (Phi) is 4.39. The van der Waals surface area contributed by atoms with Crippen molar-refractivity contribution >= 4 is 17.5 Å². The highest BCUT2D eigenvalue weighted by atomic mass is 35.5. The Labute approximate surface area is 139 Å². The van der Waals surface area contributed by atoms with E-state index in [1.54, 1.807) is 30.1 Å². The Hall–Kier alpha value is -1.89. The molecule has 3 N–H and O–H groups in total. The number of methoxy groups -OCH3 is 1. The standard InChI is InChI=1S/C16H19ClN4O2/c1-23-14-6-16(18,7-14)15(22)19-8-11-9-20-21(10-11)13-4-2-12(17)3-5-13/h2-5,9-10,14H,6-8,18H2,1H3,(H,19,22). The minimum Gasteiger partial charge on any atom is -0.381 e. The largest absolute Gasteiger partial charge is 0.381 e. The van der Waals surface area contributed by atoms with Crippen LogP contribution in [0.5, 0.6) is 0 Å². The van der Waals surface area contributed by atoms with Crippen molar-refractivity contribution in [2.75, 3.05) is 7.11 Å². The molecule has 122 valence electrons. The van der Waals surface area contributed by atoms with Crippen LogP contribution in [-0.2, 0) is 16.1 Å². The minimum atomic E-state index is -0.813. The van der Waals surface area contributed by atoms with E-state index >= 15 is 0 Å². The highest BCUT2D eigenvalue weighted by molar-refractivity contribution is 6.30. The van der Waals surface area contributed by atoms with E-state index < -0.39 is 5.54 Å². The molecule has 7 heteroatoms. The molecule has 1 aromatic heterocycles. The van der Waals surface area contributed by atoms with Gasteiger partial charge in [0, 0.05) is 43.3 Å². The Morgan fingerprint density at radius 3 is 2.83 bits per heavy atom. The van der Waals surface area contributed by atoms with Gasteiger partial charge in [0.1, 0.15) is 5.54 Å². The molecule has 0 saturated heterocycles. The van der Waals surface area contributed by atoms with Crippen molar-refractivity contribution in [3.05, 3.63) is 47.2 Å². The summed E-state index contributed by atoms with van der Waals surface area (Å²) in [4.78, 5) is 12.2. The number of amides is 1. The molecule has 0 unspecified atom stereocenters. The van der Waals surface area contributed by atoms with Crippen LogP contribution in [0.25, 0.3) is 5.69 Å². The molecule has 1 aromatic carbocycles. The fourth-order valence-electron chi connectivity index (χ4n) is 2.65. The molecule has 1 amide bonds. The monoisotopic (exact) mass is 334 g/mol. The normalized spacial score (nSPS) is 23.3. The van der Waals surface area contributed by atoms with Crippen molar-refractivity contribution in [1.82, 2.24) is 15.1 Å². The van der Waals surface area contributed by atoms with Crippen LogP contribution in [0.15, 0.2) is 36.7 Å². The van der Waals surface area contributed by atoms with Gasteiger partial charge in [0.25, 0.3) is 0 Å². The first-order chi connectivity index (χ1) is 11.0. The van der Waals surface area contributed by atoms with E-state index in [2.05, 4.69) is 10.4 Å². The van der Waals surface area contributed by atoms with Gasteiger partial charge >= 0.3 is 0 Å². The summed E-state index contributed by atoms with van der Waals surface area (Å²) in [6.07, 6.45) is 4.78. The molecule has 1 fully saturated rings. The first-order valence-corrected chi connectivity index (χ1v) is 7.77. The van der Waals surface area contributed by atoms with Crippen LogP contribution < -0.4 is 11.1 Å². The second kappa shape index (κ2) is 6.31. The molecule has 0 spiro atoms. The summed E-state index contributed by atoms with van der Waals surface area (Å²) in [6.45, 7) is 0.392. The molecule has 0 aliphatic heterocycles. The summed E-state index contributed by atoms with van der Waals surface area (Å²) in [7, 11) is 1.63. The molecule has 1 saturated carbocycles. The molecule has 0 atom stereocenters. The van der Waals surface area contributed by atoms with Crippen molar-refractivity contribution in [2.45, 2.75) is 31.0 Å². The van der Waals surface area contributed by atoms with Gasteiger partial charge in [-0.3, -0.25) is 4.79 Å². The third kappa shape index (κ3) is 3.39. The maximum Gasteiger partial charge on any atom is 0.240 e. The van der Waals surface area contributed by atoms with Crippen molar-refractivity contribution < 1.29 is 9.53 Å². The summed E-state index contributed by atoms with van der Waals surface area (Å²) in [5.41, 5.74) is 7.06. The van der Waals surface area contributed by atoms with Gasteiger partial charge in [0.15, 0.2) is 0 Å². The summed E-state index contributed by atoms with van der Waals surface area (Å²) < 4.78 is 6.91. The third-order valence-electron chi connectivity index (χ3n) is 4.15. The lowest BCUT2D eigenvalue weighted by Crippen LogP contribution is -2.63. The van der Waals surface area contributed by atoms with E-state index in [1.165, 1.54) is 0 Å². The lowest BCUT2D eigenvalue weighted by molar-refractivity contribution is -0.135. The minimum absolute atomic E-state index is 0.0819. The molecular formula is C16H19ClN4O2. The lowest BCUT2D eigenvalue weighted by Gasteiger charge is -2.42. The first kappa shape index (κ1) is 16.0. The zero-order chi connectivity index (χ0) is 16.4. The molecule has 0 bridgehead atoms. The third-order valence-corrected chi connectivity index (χ3v) is 4.40. The SMILES string of the molecule is COC1CC(N)(C(=O)NCc2cnn(-c3ccc(Cl)cc3)c2)C1. The molecule has 23 heavy (non-hydrogen) atoms. The highest BCUT2D eigenvalue weighted by Crippen LogP contribution is 2.32. The summed E-state index contributed by atoms with van der Waals surface area (Å²) >= 11 is 5.87. The number of hydrogen-bond acceptors (Lipinski definition) is 4. The Morgan fingerprint density at radius 1 is 1.48 bits per heavy atom.